The third-order valence-corrected chi connectivity index (χ3v) is 14.6. The molecule has 19 heteroatoms. The molecule has 83 heavy (non-hydrogen) atoms. The Kier molecular flexibility index (Phi) is 13.4. The highest BCUT2D eigenvalue weighted by Gasteiger charge is 2.57. The Morgan fingerprint density at radius 3 is 1.65 bits per heavy atom. The molecule has 8 aromatic carbocycles. The minimum atomic E-state index is -1.91. The first-order chi connectivity index (χ1) is 40.4. The fourth-order valence-electron chi connectivity index (χ4n) is 11.0. The van der Waals surface area contributed by atoms with Crippen LogP contribution in [0.2, 0.25) is 0 Å². The Morgan fingerprint density at radius 1 is 0.566 bits per heavy atom. The summed E-state index contributed by atoms with van der Waals surface area (Å²) in [7, 11) is 0. The SMILES string of the molecule is CC(=O)Oc1cc2c(c3c1OC(c1ccccc1)(c1ccccc1)O3)-c1c(cc3c(c1OC(C)=O)OC(c1ccccc1)(c1ccccc1)O3)C(=O)O[C@@H]1[C@@H](OC2=O)[C@H](OCc2ccccc2[N+](=O)[O-])O[C@@H]2CO[C@@H](c3ccccc3)O[C@@H]12. The molecule has 0 saturated carbocycles. The van der Waals surface area contributed by atoms with Crippen LogP contribution >= 0.6 is 0 Å². The fraction of sp³-hybridized carbons (Fsp3) is 0.188. The first-order valence-electron chi connectivity index (χ1n) is 26.4. The van der Waals surface area contributed by atoms with E-state index in [0.717, 1.165) is 13.8 Å². The first-order valence-corrected chi connectivity index (χ1v) is 26.4. The van der Waals surface area contributed by atoms with Gasteiger partial charge in [-0.1, -0.05) is 164 Å². The Bertz CT molecular complexity index is 3770. The summed E-state index contributed by atoms with van der Waals surface area (Å²) in [6, 6.07) is 52.9. The molecule has 0 bridgehead atoms. The van der Waals surface area contributed by atoms with Crippen LogP contribution in [0.1, 0.15) is 74.2 Å². The number of carbonyl (C=O) groups excluding carboxylic acids is 4. The van der Waals surface area contributed by atoms with Crippen LogP contribution in [-0.4, -0.2) is 66.1 Å². The van der Waals surface area contributed by atoms with Crippen molar-refractivity contribution in [3.05, 3.63) is 243 Å². The van der Waals surface area contributed by atoms with E-state index in [-0.39, 0.29) is 63.3 Å². The van der Waals surface area contributed by atoms with Gasteiger partial charge in [0.1, 0.15) is 12.2 Å². The van der Waals surface area contributed by atoms with Crippen molar-refractivity contribution in [2.24, 2.45) is 0 Å². The van der Waals surface area contributed by atoms with E-state index in [1.54, 1.807) is 140 Å². The summed E-state index contributed by atoms with van der Waals surface area (Å²) < 4.78 is 79.5. The van der Waals surface area contributed by atoms with Crippen molar-refractivity contribution in [1.29, 1.82) is 0 Å². The van der Waals surface area contributed by atoms with Gasteiger partial charge in [0.15, 0.2) is 47.8 Å². The van der Waals surface area contributed by atoms with Gasteiger partial charge < -0.3 is 56.8 Å². The molecule has 5 aliphatic rings. The van der Waals surface area contributed by atoms with Crippen LogP contribution in [0, 0.1) is 10.1 Å². The molecular formula is C64H47NO18. The van der Waals surface area contributed by atoms with E-state index < -0.39 is 95.3 Å². The quantitative estimate of drug-likeness (QED) is 0.0508. The maximum absolute atomic E-state index is 16.1. The van der Waals surface area contributed by atoms with Crippen molar-refractivity contribution in [2.75, 3.05) is 6.61 Å². The molecule has 0 radical (unpaired) electrons. The number of benzene rings is 8. The van der Waals surface area contributed by atoms with Crippen molar-refractivity contribution in [3.8, 4) is 45.6 Å². The van der Waals surface area contributed by atoms with E-state index in [2.05, 4.69) is 0 Å². The maximum atomic E-state index is 16.1. The minimum absolute atomic E-state index is 0.0994. The zero-order valence-corrected chi connectivity index (χ0v) is 44.1. The van der Waals surface area contributed by atoms with E-state index in [1.807, 2.05) is 18.2 Å². The Balaban J connectivity index is 1.07. The third kappa shape index (κ3) is 9.30. The molecule has 0 N–H and O–H groups in total. The Labute approximate surface area is 472 Å². The molecule has 5 heterocycles. The molecule has 5 aliphatic heterocycles. The second-order valence-electron chi connectivity index (χ2n) is 19.9. The van der Waals surface area contributed by atoms with Crippen LogP contribution in [0.5, 0.6) is 34.5 Å². The van der Waals surface area contributed by atoms with Gasteiger partial charge in [0.2, 0.25) is 11.5 Å². The number of esters is 4. The molecule has 19 nitrogen and oxygen atoms in total. The molecule has 13 rings (SSSR count). The number of nitrogens with zero attached hydrogens (tertiary/aromatic N) is 1. The molecule has 6 atom stereocenters. The number of para-hydroxylation sites is 1. The monoisotopic (exact) mass is 1120 g/mol. The lowest BCUT2D eigenvalue weighted by molar-refractivity contribution is -0.387. The van der Waals surface area contributed by atoms with Crippen LogP contribution in [0.4, 0.5) is 5.69 Å². The van der Waals surface area contributed by atoms with Gasteiger partial charge in [0, 0.05) is 64.9 Å². The van der Waals surface area contributed by atoms with E-state index in [9.17, 15) is 19.7 Å². The highest BCUT2D eigenvalue weighted by Crippen LogP contribution is 2.63. The zero-order valence-electron chi connectivity index (χ0n) is 44.1. The van der Waals surface area contributed by atoms with Crippen molar-refractivity contribution in [1.82, 2.24) is 0 Å². The number of carbonyl (C=O) groups is 4. The molecule has 0 aliphatic carbocycles. The minimum Gasteiger partial charge on any atom is -0.452 e. The molecule has 2 saturated heterocycles. The van der Waals surface area contributed by atoms with Gasteiger partial charge in [-0.25, -0.2) is 9.59 Å². The maximum Gasteiger partial charge on any atom is 0.339 e. The number of hydrogen-bond acceptors (Lipinski definition) is 18. The van der Waals surface area contributed by atoms with Gasteiger partial charge in [-0.3, -0.25) is 19.7 Å². The van der Waals surface area contributed by atoms with E-state index in [4.69, 9.17) is 56.8 Å². The summed E-state index contributed by atoms with van der Waals surface area (Å²) in [6.45, 7) is 1.67. The average molecular weight is 1120 g/mol. The summed E-state index contributed by atoms with van der Waals surface area (Å²) in [5, 5.41) is 12.3. The predicted octanol–water partition coefficient (Wildman–Crippen LogP) is 10.6. The van der Waals surface area contributed by atoms with Crippen molar-refractivity contribution >= 4 is 29.6 Å². The van der Waals surface area contributed by atoms with Gasteiger partial charge in [0.05, 0.1) is 34.8 Å². The number of rotatable bonds is 11. The normalized spacial score (nSPS) is 21.3. The molecule has 0 spiro atoms. The zero-order chi connectivity index (χ0) is 57.0. The van der Waals surface area contributed by atoms with E-state index in [1.165, 1.54) is 30.3 Å². The smallest absolute Gasteiger partial charge is 0.339 e. The molecule has 416 valence electrons. The van der Waals surface area contributed by atoms with E-state index >= 15 is 9.59 Å². The number of nitro groups is 1. The topological polar surface area (TPSA) is 222 Å². The van der Waals surface area contributed by atoms with Gasteiger partial charge in [-0.2, -0.15) is 0 Å². The van der Waals surface area contributed by atoms with Crippen LogP contribution < -0.4 is 28.4 Å². The second kappa shape index (κ2) is 21.2. The summed E-state index contributed by atoms with van der Waals surface area (Å²) in [5.41, 5.74) is 0.943. The Hall–Kier alpha value is -9.92. The van der Waals surface area contributed by atoms with Crippen LogP contribution in [0.3, 0.4) is 0 Å². The Morgan fingerprint density at radius 2 is 1.07 bits per heavy atom. The fourth-order valence-corrected chi connectivity index (χ4v) is 11.0. The summed E-state index contributed by atoms with van der Waals surface area (Å²) >= 11 is 0. The third-order valence-electron chi connectivity index (χ3n) is 14.6. The van der Waals surface area contributed by atoms with Crippen LogP contribution in [0.15, 0.2) is 188 Å². The standard InChI is InChI=1S/C64H47NO18/c1-36(66)74-47-32-44-51(56-53(47)81-64(83-56,42-27-14-6-15-28-42)43-29-16-7-17-30-43)50-45(33-48-54(55(50)75-37(2)67)82-63(80-48,40-23-10-4-11-24-40)41-25-12-5-13-26-41)59(68)77-57-52-49(35-73-61(79-52)38-20-8-3-9-21-38)76-62(58(57)78-60(44)69)72-34-39-22-18-19-31-46(39)65(70)71/h3-33,49,52,57-58,61-62H,34-35H2,1-2H3/t49-,52-,57+,58-,61-,62-/m1/s1. The number of hydrogen-bond donors (Lipinski definition) is 0. The highest BCUT2D eigenvalue weighted by atomic mass is 16.8. The molecule has 2 fully saturated rings. The van der Waals surface area contributed by atoms with Crippen molar-refractivity contribution < 1.29 is 80.9 Å². The van der Waals surface area contributed by atoms with Gasteiger partial charge >= 0.3 is 35.5 Å². The lowest BCUT2D eigenvalue weighted by Gasteiger charge is -2.48. The largest absolute Gasteiger partial charge is 0.452 e. The molecule has 0 unspecified atom stereocenters. The number of nitro benzene ring substituents is 1. The number of ether oxygens (including phenoxy) is 12. The highest BCUT2D eigenvalue weighted by molar-refractivity contribution is 6.09. The van der Waals surface area contributed by atoms with E-state index in [0.29, 0.717) is 27.8 Å². The molecule has 8 aromatic rings. The van der Waals surface area contributed by atoms with Crippen LogP contribution in [0.25, 0.3) is 11.1 Å². The van der Waals surface area contributed by atoms with Crippen molar-refractivity contribution in [3.63, 3.8) is 0 Å². The van der Waals surface area contributed by atoms with Crippen LogP contribution in [-0.2, 0) is 56.2 Å². The van der Waals surface area contributed by atoms with Crippen molar-refractivity contribution in [2.45, 2.75) is 69.0 Å². The average Bonchev–Trinajstić information content (AvgIpc) is 1.90. The summed E-state index contributed by atoms with van der Waals surface area (Å²) in [5.74, 6) is -9.27. The van der Waals surface area contributed by atoms with Gasteiger partial charge in [0.25, 0.3) is 5.69 Å². The predicted molar refractivity (Wildman–Crippen MR) is 289 cm³/mol. The first kappa shape index (κ1) is 52.5. The van der Waals surface area contributed by atoms with Gasteiger partial charge in [-0.15, -0.1) is 0 Å². The lowest BCUT2D eigenvalue weighted by atomic mass is 9.90. The molecule has 0 amide bonds. The summed E-state index contributed by atoms with van der Waals surface area (Å²) in [6.07, 6.45) is -8.46. The second-order valence-corrected chi connectivity index (χ2v) is 19.9. The molecular weight excluding hydrogens is 1070 g/mol. The molecule has 0 aromatic heterocycles. The van der Waals surface area contributed by atoms with Gasteiger partial charge in [-0.05, 0) is 12.1 Å². The lowest BCUT2D eigenvalue weighted by Crippen LogP contribution is -2.64. The summed E-state index contributed by atoms with van der Waals surface area (Å²) in [4.78, 5) is 71.0. The number of fused-ring (bicyclic) bond motifs is 9.